The number of halogens is 1. The van der Waals surface area contributed by atoms with Gasteiger partial charge in [0, 0.05) is 6.54 Å². The fourth-order valence-corrected chi connectivity index (χ4v) is 1.93. The van der Waals surface area contributed by atoms with Gasteiger partial charge in [0.05, 0.1) is 11.6 Å². The van der Waals surface area contributed by atoms with E-state index in [1.165, 1.54) is 5.57 Å². The summed E-state index contributed by atoms with van der Waals surface area (Å²) in [6.45, 7) is 5.07. The number of methoxy groups -OCH3 is 1. The predicted octanol–water partition coefficient (Wildman–Crippen LogP) is 3.26. The average molecular weight is 300 g/mol. The Morgan fingerprint density at radius 2 is 2.12 bits per heavy atom. The van der Waals surface area contributed by atoms with Gasteiger partial charge >= 0.3 is 0 Å². The van der Waals surface area contributed by atoms with Gasteiger partial charge in [0.1, 0.15) is 6.61 Å². The molecule has 0 aliphatic carbocycles. The molecule has 17 heavy (non-hydrogen) atoms. The van der Waals surface area contributed by atoms with Crippen molar-refractivity contribution < 1.29 is 9.47 Å². The molecular formula is C13H18BrNO2. The fraction of sp³-hybridized carbons (Fsp3) is 0.385. The van der Waals surface area contributed by atoms with Crippen LogP contribution in [0.4, 0.5) is 0 Å². The van der Waals surface area contributed by atoms with Crippen molar-refractivity contribution in [3.63, 3.8) is 0 Å². The molecule has 1 aromatic rings. The molecule has 0 unspecified atom stereocenters. The smallest absolute Gasteiger partial charge is 0.175 e. The van der Waals surface area contributed by atoms with Crippen LogP contribution in [0.1, 0.15) is 19.4 Å². The summed E-state index contributed by atoms with van der Waals surface area (Å²) in [5, 5.41) is 0. The summed E-state index contributed by atoms with van der Waals surface area (Å²) in [6.07, 6.45) is 2.02. The van der Waals surface area contributed by atoms with E-state index in [2.05, 4.69) is 15.9 Å². The maximum absolute atomic E-state index is 5.68. The number of allylic oxidation sites excluding steroid dienone is 1. The quantitative estimate of drug-likeness (QED) is 0.849. The summed E-state index contributed by atoms with van der Waals surface area (Å²) in [5.41, 5.74) is 7.83. The molecule has 4 heteroatoms. The molecule has 0 aromatic heterocycles. The second kappa shape index (κ2) is 6.67. The minimum absolute atomic E-state index is 0.475. The van der Waals surface area contributed by atoms with E-state index in [9.17, 15) is 0 Å². The second-order valence-electron chi connectivity index (χ2n) is 3.91. The third-order valence-electron chi connectivity index (χ3n) is 2.24. The van der Waals surface area contributed by atoms with Crippen molar-refractivity contribution in [2.75, 3.05) is 13.7 Å². The monoisotopic (exact) mass is 299 g/mol. The highest BCUT2D eigenvalue weighted by Gasteiger charge is 2.10. The van der Waals surface area contributed by atoms with Crippen LogP contribution < -0.4 is 15.2 Å². The Labute approximate surface area is 111 Å². The minimum Gasteiger partial charge on any atom is -0.493 e. The van der Waals surface area contributed by atoms with E-state index in [0.717, 1.165) is 10.0 Å². The molecule has 0 amide bonds. The van der Waals surface area contributed by atoms with Crippen molar-refractivity contribution in [2.45, 2.75) is 20.4 Å². The molecule has 3 nitrogen and oxygen atoms in total. The van der Waals surface area contributed by atoms with Crippen LogP contribution in [-0.4, -0.2) is 13.7 Å². The summed E-state index contributed by atoms with van der Waals surface area (Å²) in [6, 6.07) is 3.84. The first kappa shape index (κ1) is 14.1. The molecule has 0 heterocycles. The molecule has 0 aliphatic rings. The van der Waals surface area contributed by atoms with Gasteiger partial charge in [0.25, 0.3) is 0 Å². The van der Waals surface area contributed by atoms with Gasteiger partial charge in [-0.15, -0.1) is 0 Å². The zero-order valence-electron chi connectivity index (χ0n) is 10.4. The lowest BCUT2D eigenvalue weighted by atomic mass is 10.2. The molecule has 0 saturated carbocycles. The van der Waals surface area contributed by atoms with E-state index in [4.69, 9.17) is 15.2 Å². The maximum Gasteiger partial charge on any atom is 0.175 e. The van der Waals surface area contributed by atoms with E-state index in [1.807, 2.05) is 32.1 Å². The number of ether oxygens (including phenoxy) is 2. The summed E-state index contributed by atoms with van der Waals surface area (Å²) in [5.74, 6) is 1.41. The molecule has 0 spiro atoms. The Kier molecular flexibility index (Phi) is 5.51. The van der Waals surface area contributed by atoms with Gasteiger partial charge in [0.15, 0.2) is 11.5 Å². The predicted molar refractivity (Wildman–Crippen MR) is 73.5 cm³/mol. The molecule has 0 saturated heterocycles. The van der Waals surface area contributed by atoms with Crippen molar-refractivity contribution in [2.24, 2.45) is 5.73 Å². The summed E-state index contributed by atoms with van der Waals surface area (Å²) in [4.78, 5) is 0. The number of benzene rings is 1. The number of hydrogen-bond acceptors (Lipinski definition) is 3. The van der Waals surface area contributed by atoms with Gasteiger partial charge in [-0.3, -0.25) is 0 Å². The minimum atomic E-state index is 0.475. The molecule has 1 aromatic carbocycles. The van der Waals surface area contributed by atoms with Crippen LogP contribution in [0.5, 0.6) is 11.5 Å². The number of hydrogen-bond donors (Lipinski definition) is 1. The molecule has 0 aliphatic heterocycles. The van der Waals surface area contributed by atoms with Crippen molar-refractivity contribution in [1.82, 2.24) is 0 Å². The Morgan fingerprint density at radius 1 is 1.41 bits per heavy atom. The lowest BCUT2D eigenvalue weighted by molar-refractivity contribution is 0.323. The fourth-order valence-electron chi connectivity index (χ4n) is 1.32. The van der Waals surface area contributed by atoms with Gasteiger partial charge in [-0.1, -0.05) is 5.57 Å². The molecule has 0 atom stereocenters. The summed E-state index contributed by atoms with van der Waals surface area (Å²) in [7, 11) is 1.62. The van der Waals surface area contributed by atoms with Crippen molar-refractivity contribution in [1.29, 1.82) is 0 Å². The van der Waals surface area contributed by atoms with Crippen LogP contribution in [-0.2, 0) is 6.54 Å². The van der Waals surface area contributed by atoms with Crippen LogP contribution in [0.2, 0.25) is 0 Å². The van der Waals surface area contributed by atoms with E-state index in [0.29, 0.717) is 24.7 Å². The normalized spacial score (nSPS) is 9.94. The molecule has 0 radical (unpaired) electrons. The van der Waals surface area contributed by atoms with E-state index in [-0.39, 0.29) is 0 Å². The van der Waals surface area contributed by atoms with Crippen LogP contribution in [0, 0.1) is 0 Å². The Morgan fingerprint density at radius 3 is 2.65 bits per heavy atom. The number of rotatable bonds is 5. The van der Waals surface area contributed by atoms with Gasteiger partial charge < -0.3 is 15.2 Å². The van der Waals surface area contributed by atoms with Gasteiger partial charge in [-0.25, -0.2) is 0 Å². The highest BCUT2D eigenvalue weighted by molar-refractivity contribution is 9.10. The third-order valence-corrected chi connectivity index (χ3v) is 2.83. The third kappa shape index (κ3) is 4.06. The molecule has 2 N–H and O–H groups in total. The first-order valence-electron chi connectivity index (χ1n) is 5.41. The van der Waals surface area contributed by atoms with Crippen molar-refractivity contribution >= 4 is 15.9 Å². The van der Waals surface area contributed by atoms with Gasteiger partial charge in [-0.2, -0.15) is 0 Å². The lowest BCUT2D eigenvalue weighted by Crippen LogP contribution is -2.01. The van der Waals surface area contributed by atoms with E-state index < -0.39 is 0 Å². The SMILES string of the molecule is COc1cc(CN)cc(Br)c1OCC=C(C)C. The molecule has 0 fully saturated rings. The Bertz CT molecular complexity index is 412. The zero-order valence-corrected chi connectivity index (χ0v) is 12.0. The highest BCUT2D eigenvalue weighted by Crippen LogP contribution is 2.36. The second-order valence-corrected chi connectivity index (χ2v) is 4.76. The lowest BCUT2D eigenvalue weighted by Gasteiger charge is -2.13. The Balaban J connectivity index is 2.93. The van der Waals surface area contributed by atoms with Crippen LogP contribution >= 0.6 is 15.9 Å². The Hall–Kier alpha value is -1.00. The first-order chi connectivity index (χ1) is 8.08. The molecular weight excluding hydrogens is 282 g/mol. The van der Waals surface area contributed by atoms with E-state index in [1.54, 1.807) is 7.11 Å². The van der Waals surface area contributed by atoms with Crippen LogP contribution in [0.25, 0.3) is 0 Å². The largest absolute Gasteiger partial charge is 0.493 e. The zero-order chi connectivity index (χ0) is 12.8. The van der Waals surface area contributed by atoms with Gasteiger partial charge in [0.2, 0.25) is 0 Å². The number of nitrogens with two attached hydrogens (primary N) is 1. The van der Waals surface area contributed by atoms with Crippen molar-refractivity contribution in [3.05, 3.63) is 33.8 Å². The molecule has 1 rings (SSSR count). The highest BCUT2D eigenvalue weighted by atomic mass is 79.9. The summed E-state index contributed by atoms with van der Waals surface area (Å²) >= 11 is 3.47. The standard InChI is InChI=1S/C13H18BrNO2/c1-9(2)4-5-17-13-11(14)6-10(8-15)7-12(13)16-3/h4,6-7H,5,8,15H2,1-3H3. The maximum atomic E-state index is 5.68. The summed E-state index contributed by atoms with van der Waals surface area (Å²) < 4.78 is 11.8. The van der Waals surface area contributed by atoms with Gasteiger partial charge in [-0.05, 0) is 53.5 Å². The average Bonchev–Trinajstić information content (AvgIpc) is 2.30. The van der Waals surface area contributed by atoms with Crippen LogP contribution in [0.15, 0.2) is 28.3 Å². The van der Waals surface area contributed by atoms with Crippen LogP contribution in [0.3, 0.4) is 0 Å². The topological polar surface area (TPSA) is 44.5 Å². The molecule has 94 valence electrons. The first-order valence-corrected chi connectivity index (χ1v) is 6.20. The van der Waals surface area contributed by atoms with Crippen molar-refractivity contribution in [3.8, 4) is 11.5 Å². The molecule has 0 bridgehead atoms. The van der Waals surface area contributed by atoms with E-state index >= 15 is 0 Å².